The van der Waals surface area contributed by atoms with Crippen LogP contribution in [0.4, 0.5) is 5.69 Å². The number of carbonyl (C=O) groups is 1. The van der Waals surface area contributed by atoms with E-state index in [1.165, 1.54) is 6.07 Å². The van der Waals surface area contributed by atoms with Crippen LogP contribution in [0.25, 0.3) is 0 Å². The van der Waals surface area contributed by atoms with E-state index in [-0.39, 0.29) is 17.2 Å². The molecule has 0 aliphatic carbocycles. The fourth-order valence-corrected chi connectivity index (χ4v) is 1.81. The highest BCUT2D eigenvalue weighted by Crippen LogP contribution is 2.15. The molecule has 0 aromatic heterocycles. The molecular formula is C11H14N2O3S. The van der Waals surface area contributed by atoms with E-state index in [1.54, 1.807) is 24.3 Å². The Morgan fingerprint density at radius 1 is 1.41 bits per heavy atom. The Morgan fingerprint density at radius 3 is 2.65 bits per heavy atom. The maximum absolute atomic E-state index is 11.7. The number of amides is 1. The van der Waals surface area contributed by atoms with E-state index in [0.717, 1.165) is 6.26 Å². The Labute approximate surface area is 101 Å². The molecule has 0 radical (unpaired) electrons. The van der Waals surface area contributed by atoms with Crippen LogP contribution >= 0.6 is 0 Å². The first-order chi connectivity index (χ1) is 7.94. The molecule has 0 saturated heterocycles. The van der Waals surface area contributed by atoms with Crippen LogP contribution in [0.2, 0.25) is 0 Å². The lowest BCUT2D eigenvalue weighted by Crippen LogP contribution is -2.25. The molecular weight excluding hydrogens is 240 g/mol. The highest BCUT2D eigenvalue weighted by atomic mass is 32.2. The lowest BCUT2D eigenvalue weighted by molar-refractivity contribution is 0.0959. The van der Waals surface area contributed by atoms with E-state index in [2.05, 4.69) is 16.6 Å². The third-order valence-corrected chi connectivity index (χ3v) is 2.46. The van der Waals surface area contributed by atoms with Gasteiger partial charge in [0, 0.05) is 6.54 Å². The van der Waals surface area contributed by atoms with Gasteiger partial charge in [0.2, 0.25) is 10.0 Å². The van der Waals surface area contributed by atoms with Gasteiger partial charge in [-0.2, -0.15) is 0 Å². The minimum absolute atomic E-state index is 0.261. The Morgan fingerprint density at radius 2 is 2.06 bits per heavy atom. The molecule has 92 valence electrons. The van der Waals surface area contributed by atoms with Crippen molar-refractivity contribution in [2.24, 2.45) is 0 Å². The third-order valence-electron chi connectivity index (χ3n) is 1.87. The zero-order valence-electron chi connectivity index (χ0n) is 9.43. The third kappa shape index (κ3) is 4.28. The van der Waals surface area contributed by atoms with E-state index in [4.69, 9.17) is 0 Å². The molecule has 1 aromatic rings. The number of hydrogen-bond donors (Lipinski definition) is 2. The number of hydrogen-bond acceptors (Lipinski definition) is 3. The van der Waals surface area contributed by atoms with Gasteiger partial charge in [0.25, 0.3) is 5.91 Å². The summed E-state index contributed by atoms with van der Waals surface area (Å²) in [5.74, 6) is -0.350. The lowest BCUT2D eigenvalue weighted by Gasteiger charge is -2.09. The van der Waals surface area contributed by atoms with Crippen LogP contribution in [0.3, 0.4) is 0 Å². The van der Waals surface area contributed by atoms with Gasteiger partial charge < -0.3 is 5.32 Å². The van der Waals surface area contributed by atoms with Crippen LogP contribution in [0.1, 0.15) is 10.4 Å². The van der Waals surface area contributed by atoms with E-state index in [0.29, 0.717) is 6.54 Å². The number of carbonyl (C=O) groups excluding carboxylic acids is 1. The molecule has 6 heteroatoms. The predicted octanol–water partition coefficient (Wildman–Crippen LogP) is 0.974. The Hall–Kier alpha value is -1.82. The van der Waals surface area contributed by atoms with Gasteiger partial charge in [-0.15, -0.1) is 6.58 Å². The molecule has 1 rings (SSSR count). The highest BCUT2D eigenvalue weighted by Gasteiger charge is 2.12. The van der Waals surface area contributed by atoms with E-state index in [9.17, 15) is 13.2 Å². The molecule has 0 heterocycles. The van der Waals surface area contributed by atoms with E-state index >= 15 is 0 Å². The van der Waals surface area contributed by atoms with Gasteiger partial charge in [0.15, 0.2) is 0 Å². The number of nitrogens with one attached hydrogen (secondary N) is 2. The first kappa shape index (κ1) is 13.2. The van der Waals surface area contributed by atoms with Crippen LogP contribution < -0.4 is 10.0 Å². The SMILES string of the molecule is C=CCNC(=O)c1ccccc1NS(C)(=O)=O. The van der Waals surface area contributed by atoms with Crippen molar-refractivity contribution in [3.63, 3.8) is 0 Å². The molecule has 0 atom stereocenters. The number of anilines is 1. The van der Waals surface area contributed by atoms with Crippen molar-refractivity contribution in [2.75, 3.05) is 17.5 Å². The fourth-order valence-electron chi connectivity index (χ4n) is 1.23. The number of benzene rings is 1. The summed E-state index contributed by atoms with van der Waals surface area (Å²) in [7, 11) is -3.40. The van der Waals surface area contributed by atoms with Crippen molar-refractivity contribution in [3.8, 4) is 0 Å². The highest BCUT2D eigenvalue weighted by molar-refractivity contribution is 7.92. The van der Waals surface area contributed by atoms with Crippen molar-refractivity contribution in [3.05, 3.63) is 42.5 Å². The maximum Gasteiger partial charge on any atom is 0.253 e. The summed E-state index contributed by atoms with van der Waals surface area (Å²) in [4.78, 5) is 11.7. The summed E-state index contributed by atoms with van der Waals surface area (Å²) in [6.45, 7) is 3.81. The summed E-state index contributed by atoms with van der Waals surface area (Å²) in [5.41, 5.74) is 0.538. The van der Waals surface area contributed by atoms with Crippen molar-refractivity contribution in [1.82, 2.24) is 5.32 Å². The summed E-state index contributed by atoms with van der Waals surface area (Å²) < 4.78 is 24.6. The van der Waals surface area contributed by atoms with Crippen LogP contribution in [-0.2, 0) is 10.0 Å². The molecule has 2 N–H and O–H groups in total. The largest absolute Gasteiger partial charge is 0.349 e. The van der Waals surface area contributed by atoms with Crippen LogP contribution in [0.5, 0.6) is 0 Å². The Kier molecular flexibility index (Phi) is 4.28. The van der Waals surface area contributed by atoms with Gasteiger partial charge in [0.05, 0.1) is 17.5 Å². The Bertz CT molecular complexity index is 523. The second-order valence-electron chi connectivity index (χ2n) is 3.42. The summed E-state index contributed by atoms with van der Waals surface area (Å²) in [6.07, 6.45) is 2.58. The van der Waals surface area contributed by atoms with Gasteiger partial charge in [0.1, 0.15) is 0 Å². The summed E-state index contributed by atoms with van der Waals surface area (Å²) in [6, 6.07) is 6.39. The molecule has 0 spiro atoms. The molecule has 0 fully saturated rings. The number of rotatable bonds is 5. The monoisotopic (exact) mass is 254 g/mol. The standard InChI is InChI=1S/C11H14N2O3S/c1-3-8-12-11(14)9-6-4-5-7-10(9)13-17(2,15)16/h3-7,13H,1,8H2,2H3,(H,12,14). The topological polar surface area (TPSA) is 75.3 Å². The fraction of sp³-hybridized carbons (Fsp3) is 0.182. The molecule has 5 nitrogen and oxygen atoms in total. The summed E-state index contributed by atoms with van der Waals surface area (Å²) in [5, 5.41) is 2.58. The molecule has 0 aliphatic rings. The average molecular weight is 254 g/mol. The molecule has 0 bridgehead atoms. The second kappa shape index (κ2) is 5.49. The predicted molar refractivity (Wildman–Crippen MR) is 67.4 cm³/mol. The van der Waals surface area contributed by atoms with Gasteiger partial charge in [-0.05, 0) is 12.1 Å². The molecule has 0 aliphatic heterocycles. The van der Waals surface area contributed by atoms with Crippen molar-refractivity contribution >= 4 is 21.6 Å². The van der Waals surface area contributed by atoms with Crippen LogP contribution in [-0.4, -0.2) is 27.1 Å². The molecule has 1 aromatic carbocycles. The lowest BCUT2D eigenvalue weighted by atomic mass is 10.1. The Balaban J connectivity index is 2.99. The van der Waals surface area contributed by atoms with Crippen LogP contribution in [0, 0.1) is 0 Å². The summed E-state index contributed by atoms with van der Waals surface area (Å²) >= 11 is 0. The van der Waals surface area contributed by atoms with Gasteiger partial charge in [-0.1, -0.05) is 18.2 Å². The second-order valence-corrected chi connectivity index (χ2v) is 5.17. The first-order valence-electron chi connectivity index (χ1n) is 4.90. The number of sulfonamides is 1. The van der Waals surface area contributed by atoms with Crippen molar-refractivity contribution in [2.45, 2.75) is 0 Å². The van der Waals surface area contributed by atoms with Crippen molar-refractivity contribution in [1.29, 1.82) is 0 Å². The van der Waals surface area contributed by atoms with Gasteiger partial charge >= 0.3 is 0 Å². The minimum atomic E-state index is -3.40. The first-order valence-corrected chi connectivity index (χ1v) is 6.79. The average Bonchev–Trinajstić information content (AvgIpc) is 2.24. The maximum atomic E-state index is 11.7. The van der Waals surface area contributed by atoms with Gasteiger partial charge in [-0.25, -0.2) is 8.42 Å². The van der Waals surface area contributed by atoms with Crippen molar-refractivity contribution < 1.29 is 13.2 Å². The van der Waals surface area contributed by atoms with E-state index in [1.807, 2.05) is 0 Å². The molecule has 1 amide bonds. The minimum Gasteiger partial charge on any atom is -0.349 e. The van der Waals surface area contributed by atoms with E-state index < -0.39 is 10.0 Å². The zero-order chi connectivity index (χ0) is 12.9. The quantitative estimate of drug-likeness (QED) is 0.769. The van der Waals surface area contributed by atoms with Crippen LogP contribution in [0.15, 0.2) is 36.9 Å². The van der Waals surface area contributed by atoms with Gasteiger partial charge in [-0.3, -0.25) is 9.52 Å². The molecule has 0 unspecified atom stereocenters. The number of para-hydroxylation sites is 1. The normalized spacial score (nSPS) is 10.6. The molecule has 17 heavy (non-hydrogen) atoms. The molecule has 0 saturated carbocycles. The smallest absolute Gasteiger partial charge is 0.253 e. The zero-order valence-corrected chi connectivity index (χ0v) is 10.3.